The van der Waals surface area contributed by atoms with E-state index in [2.05, 4.69) is 5.32 Å². The molecule has 2 aliphatic heterocycles. The molecule has 180 valence electrons. The largest absolute Gasteiger partial charge is 0.486 e. The number of amides is 1. The predicted octanol–water partition coefficient (Wildman–Crippen LogP) is 5.75. The normalized spacial score (nSPS) is 23.4. The molecule has 0 aromatic heterocycles. The molecule has 1 amide bonds. The minimum Gasteiger partial charge on any atom is -0.486 e. The number of hydrogen-bond donors (Lipinski definition) is 1. The lowest BCUT2D eigenvalue weighted by Crippen LogP contribution is -2.54. The molecule has 1 fully saturated rings. The number of benzene rings is 3. The van der Waals surface area contributed by atoms with Crippen LogP contribution in [0.3, 0.4) is 0 Å². The maximum absolute atomic E-state index is 13.3. The molecule has 3 atom stereocenters. The maximum Gasteiger partial charge on any atom is 0.256 e. The molecule has 1 N–H and O–H groups in total. The molecule has 5 rings (SSSR count). The number of fused-ring (bicyclic) bond motifs is 2. The predicted molar refractivity (Wildman–Crippen MR) is 135 cm³/mol. The highest BCUT2D eigenvalue weighted by Crippen LogP contribution is 2.52. The van der Waals surface area contributed by atoms with Crippen molar-refractivity contribution in [2.24, 2.45) is 0 Å². The van der Waals surface area contributed by atoms with Crippen molar-refractivity contribution in [3.8, 4) is 5.75 Å². The molecule has 10 heteroatoms. The Kier molecular flexibility index (Phi) is 6.13. The number of carbonyl (C=O) groups excluding carboxylic acids is 1. The third kappa shape index (κ3) is 3.74. The third-order valence-electron chi connectivity index (χ3n) is 6.82. The number of likely N-dealkylation sites (N-methyl/N-ethyl adjacent to an activating group) is 1. The van der Waals surface area contributed by atoms with E-state index in [0.29, 0.717) is 21.8 Å². The van der Waals surface area contributed by atoms with E-state index in [1.165, 1.54) is 0 Å². The van der Waals surface area contributed by atoms with E-state index >= 15 is 0 Å². The highest BCUT2D eigenvalue weighted by atomic mass is 35.5. The van der Waals surface area contributed by atoms with Crippen molar-refractivity contribution >= 4 is 46.4 Å². The first-order chi connectivity index (χ1) is 16.7. The number of para-hydroxylation sites is 1. The fourth-order valence-corrected chi connectivity index (χ4v) is 6.08. The van der Waals surface area contributed by atoms with Gasteiger partial charge in [0.25, 0.3) is 11.9 Å². The average Bonchev–Trinajstić information content (AvgIpc) is 3.29. The monoisotopic (exact) mass is 531 g/mol. The van der Waals surface area contributed by atoms with E-state index in [-0.39, 0.29) is 33.9 Å². The Bertz CT molecular complexity index is 1330. The summed E-state index contributed by atoms with van der Waals surface area (Å²) in [6, 6.07) is 16.3. The van der Waals surface area contributed by atoms with Gasteiger partial charge in [-0.2, -0.15) is 0 Å². The molecule has 35 heavy (non-hydrogen) atoms. The zero-order chi connectivity index (χ0) is 24.9. The molecule has 0 aliphatic carbocycles. The first-order valence-electron chi connectivity index (χ1n) is 10.9. The SMILES string of the molecule is CN1C[C@H](c2cc(Cl)c(OCc3ccccc3Cl)c(Cl)c2)[C@H]([N+](=O)[O-])[C@@]12C(=O)Nc1ccccc12. The summed E-state index contributed by atoms with van der Waals surface area (Å²) in [7, 11) is 1.72. The lowest BCUT2D eigenvalue weighted by atomic mass is 9.79. The van der Waals surface area contributed by atoms with E-state index in [0.717, 1.165) is 5.56 Å². The molecule has 0 saturated carbocycles. The minimum atomic E-state index is -1.44. The summed E-state index contributed by atoms with van der Waals surface area (Å²) in [5.74, 6) is -0.790. The smallest absolute Gasteiger partial charge is 0.256 e. The molecule has 2 aliphatic rings. The van der Waals surface area contributed by atoms with Crippen LogP contribution in [0.4, 0.5) is 5.69 Å². The molecule has 1 saturated heterocycles. The van der Waals surface area contributed by atoms with E-state index in [1.807, 2.05) is 18.2 Å². The molecule has 0 unspecified atom stereocenters. The summed E-state index contributed by atoms with van der Waals surface area (Å²) in [6.07, 6.45) is 0. The summed E-state index contributed by atoms with van der Waals surface area (Å²) < 4.78 is 5.85. The van der Waals surface area contributed by atoms with Gasteiger partial charge in [0.1, 0.15) is 6.61 Å². The Balaban J connectivity index is 1.51. The summed E-state index contributed by atoms with van der Waals surface area (Å²) in [5.41, 5.74) is 1.06. The number of nitrogens with one attached hydrogen (secondary N) is 1. The van der Waals surface area contributed by atoms with Gasteiger partial charge in [0, 0.05) is 33.3 Å². The van der Waals surface area contributed by atoms with Gasteiger partial charge in [-0.05, 0) is 36.9 Å². The van der Waals surface area contributed by atoms with E-state index < -0.39 is 23.4 Å². The molecular weight excluding hydrogens is 513 g/mol. The Morgan fingerprint density at radius 3 is 2.43 bits per heavy atom. The molecule has 0 radical (unpaired) electrons. The second-order valence-electron chi connectivity index (χ2n) is 8.68. The van der Waals surface area contributed by atoms with Crippen LogP contribution in [-0.4, -0.2) is 35.4 Å². The van der Waals surface area contributed by atoms with E-state index in [9.17, 15) is 14.9 Å². The maximum atomic E-state index is 13.3. The number of rotatable bonds is 5. The van der Waals surface area contributed by atoms with Crippen molar-refractivity contribution in [1.29, 1.82) is 0 Å². The topological polar surface area (TPSA) is 84.7 Å². The summed E-state index contributed by atoms with van der Waals surface area (Å²) in [6.45, 7) is 0.419. The lowest BCUT2D eigenvalue weighted by molar-refractivity contribution is -0.534. The quantitative estimate of drug-likeness (QED) is 0.334. The van der Waals surface area contributed by atoms with Gasteiger partial charge in [-0.15, -0.1) is 0 Å². The van der Waals surface area contributed by atoms with E-state index in [4.69, 9.17) is 39.5 Å². The molecule has 2 heterocycles. The van der Waals surface area contributed by atoms with Crippen LogP contribution < -0.4 is 10.1 Å². The minimum absolute atomic E-state index is 0.155. The van der Waals surface area contributed by atoms with Crippen LogP contribution in [0.2, 0.25) is 15.1 Å². The summed E-state index contributed by atoms with van der Waals surface area (Å²) in [5, 5.41) is 16.3. The van der Waals surface area contributed by atoms with Gasteiger partial charge in [0.2, 0.25) is 0 Å². The number of halogens is 3. The van der Waals surface area contributed by atoms with Gasteiger partial charge in [-0.3, -0.25) is 19.8 Å². The van der Waals surface area contributed by atoms with Gasteiger partial charge in [-0.1, -0.05) is 71.2 Å². The fraction of sp³-hybridized carbons (Fsp3) is 0.240. The zero-order valence-electron chi connectivity index (χ0n) is 18.5. The number of nitrogens with zero attached hydrogens (tertiary/aromatic N) is 2. The number of likely N-dealkylation sites (tertiary alicyclic amines) is 1. The van der Waals surface area contributed by atoms with Crippen molar-refractivity contribution in [3.05, 3.63) is 103 Å². The molecule has 0 bridgehead atoms. The van der Waals surface area contributed by atoms with Crippen molar-refractivity contribution in [3.63, 3.8) is 0 Å². The highest BCUT2D eigenvalue weighted by molar-refractivity contribution is 6.37. The Labute approximate surface area is 216 Å². The van der Waals surface area contributed by atoms with Crippen molar-refractivity contribution in [2.45, 2.75) is 24.1 Å². The Hall–Kier alpha value is -2.84. The average molecular weight is 533 g/mol. The Morgan fingerprint density at radius 1 is 1.09 bits per heavy atom. The standard InChI is InChI=1S/C25H20Cl3N3O4/c1-30-12-16(23(31(33)34)25(30)17-7-3-5-9-21(17)29-24(25)32)15-10-19(27)22(20(28)11-15)35-13-14-6-2-4-8-18(14)26/h2-11,16,23H,12-13H2,1H3,(H,29,32)/t16-,23+,25+/m1/s1. The zero-order valence-corrected chi connectivity index (χ0v) is 20.8. The number of nitro groups is 1. The second-order valence-corrected chi connectivity index (χ2v) is 9.90. The number of ether oxygens (including phenoxy) is 1. The Morgan fingerprint density at radius 2 is 1.74 bits per heavy atom. The van der Waals surface area contributed by atoms with Crippen LogP contribution in [0.25, 0.3) is 0 Å². The second kappa shape index (κ2) is 8.99. The van der Waals surface area contributed by atoms with Crippen LogP contribution in [0, 0.1) is 10.1 Å². The van der Waals surface area contributed by atoms with Crippen molar-refractivity contribution in [2.75, 3.05) is 18.9 Å². The third-order valence-corrected chi connectivity index (χ3v) is 7.75. The van der Waals surface area contributed by atoms with Crippen molar-refractivity contribution in [1.82, 2.24) is 4.90 Å². The number of hydrogen-bond acceptors (Lipinski definition) is 5. The van der Waals surface area contributed by atoms with Crippen LogP contribution >= 0.6 is 34.8 Å². The van der Waals surface area contributed by atoms with Crippen LogP contribution in [0.1, 0.15) is 22.6 Å². The van der Waals surface area contributed by atoms with Gasteiger partial charge in [-0.25, -0.2) is 0 Å². The van der Waals surface area contributed by atoms with Crippen LogP contribution in [0.15, 0.2) is 60.7 Å². The number of anilines is 1. The number of carbonyl (C=O) groups is 1. The molecular formula is C25H20Cl3N3O4. The first-order valence-corrected chi connectivity index (χ1v) is 12.0. The van der Waals surface area contributed by atoms with Gasteiger partial charge < -0.3 is 10.1 Å². The van der Waals surface area contributed by atoms with Crippen molar-refractivity contribution < 1.29 is 14.5 Å². The molecule has 3 aromatic rings. The van der Waals surface area contributed by atoms with Crippen LogP contribution in [-0.2, 0) is 16.9 Å². The van der Waals surface area contributed by atoms with Gasteiger partial charge >= 0.3 is 0 Å². The fourth-order valence-electron chi connectivity index (χ4n) is 5.28. The summed E-state index contributed by atoms with van der Waals surface area (Å²) in [4.78, 5) is 27.1. The molecule has 7 nitrogen and oxygen atoms in total. The first kappa shape index (κ1) is 23.9. The lowest BCUT2D eigenvalue weighted by Gasteiger charge is -2.30. The molecule has 3 aromatic carbocycles. The molecule has 1 spiro atoms. The van der Waals surface area contributed by atoms with Crippen LogP contribution in [0.5, 0.6) is 5.75 Å². The summed E-state index contributed by atoms with van der Waals surface area (Å²) >= 11 is 19.3. The van der Waals surface area contributed by atoms with Gasteiger partial charge in [0.15, 0.2) is 11.3 Å². The van der Waals surface area contributed by atoms with E-state index in [1.54, 1.807) is 54.4 Å². The highest BCUT2D eigenvalue weighted by Gasteiger charge is 2.68. The van der Waals surface area contributed by atoms with Gasteiger partial charge in [0.05, 0.1) is 16.0 Å².